The Morgan fingerprint density at radius 3 is 2.61 bits per heavy atom. The first-order valence-electron chi connectivity index (χ1n) is 10.6. The number of aromatic nitrogens is 8. The summed E-state index contributed by atoms with van der Waals surface area (Å²) in [5.41, 5.74) is 6.35. The number of alkyl halides is 3. The molecule has 0 aliphatic heterocycles. The van der Waals surface area contributed by atoms with Crippen LogP contribution >= 0.6 is 0 Å². The zero-order valence-corrected chi connectivity index (χ0v) is 18.6. The molecule has 36 heavy (non-hydrogen) atoms. The lowest BCUT2D eigenvalue weighted by Gasteiger charge is -2.28. The minimum atomic E-state index is -4.52. The summed E-state index contributed by atoms with van der Waals surface area (Å²) in [7, 11) is 0. The zero-order valence-electron chi connectivity index (χ0n) is 18.6. The van der Waals surface area contributed by atoms with Gasteiger partial charge in [0.25, 0.3) is 5.91 Å². The number of tetrazole rings is 1. The van der Waals surface area contributed by atoms with Gasteiger partial charge in [-0.1, -0.05) is 0 Å². The number of carbonyl (C=O) groups excluding carboxylic acids is 1. The quantitative estimate of drug-likeness (QED) is 0.390. The van der Waals surface area contributed by atoms with Crippen LogP contribution in [0.3, 0.4) is 0 Å². The number of nitrogens with two attached hydrogens (primary N) is 1. The number of fused-ring (bicyclic) bond motifs is 3. The fourth-order valence-corrected chi connectivity index (χ4v) is 3.70. The molecule has 4 heterocycles. The number of amides is 1. The zero-order chi connectivity index (χ0) is 25.4. The normalized spacial score (nSPS) is 12.7. The molecular formula is C22H17F3N10O. The van der Waals surface area contributed by atoms with Crippen LogP contribution < -0.4 is 5.73 Å². The van der Waals surface area contributed by atoms with E-state index >= 15 is 0 Å². The molecule has 14 heteroatoms. The van der Waals surface area contributed by atoms with Gasteiger partial charge in [0, 0.05) is 29.5 Å². The second-order valence-electron chi connectivity index (χ2n) is 7.87. The molecule has 0 unspecified atom stereocenters. The molecule has 11 nitrogen and oxygen atoms in total. The van der Waals surface area contributed by atoms with E-state index in [2.05, 4.69) is 35.5 Å². The maximum atomic E-state index is 13.7. The Balaban J connectivity index is 1.55. The van der Waals surface area contributed by atoms with Crippen molar-refractivity contribution in [2.24, 2.45) is 0 Å². The molecule has 1 atom stereocenters. The highest BCUT2D eigenvalue weighted by Crippen LogP contribution is 2.29. The third-order valence-electron chi connectivity index (χ3n) is 5.58. The summed E-state index contributed by atoms with van der Waals surface area (Å²) >= 11 is 0. The molecule has 0 radical (unpaired) electrons. The minimum Gasteiger partial charge on any atom is -0.368 e. The van der Waals surface area contributed by atoms with Crippen molar-refractivity contribution in [1.82, 2.24) is 44.9 Å². The number of hydrogen-bond acceptors (Lipinski definition) is 9. The number of carbonyl (C=O) groups is 1. The smallest absolute Gasteiger partial charge is 0.368 e. The van der Waals surface area contributed by atoms with E-state index in [1.807, 2.05) is 0 Å². The standard InChI is InChI=1S/C22H17F3N10O/c1-12(18-27-7-2-8-28-18)34(11-15-5-4-14(10-29-15)22(23,24)25)20(36)13-3-6-17-16(9-13)19-31-32-33-35(19)21(26)30-17/h2-10,12H,11H2,1H3,(H2,26,30)/t12-/m1/s1. The molecule has 0 fully saturated rings. The van der Waals surface area contributed by atoms with E-state index in [0.717, 1.165) is 12.3 Å². The Labute approximate surface area is 200 Å². The van der Waals surface area contributed by atoms with Crippen molar-refractivity contribution in [1.29, 1.82) is 0 Å². The molecule has 5 rings (SSSR count). The second kappa shape index (κ2) is 8.79. The summed E-state index contributed by atoms with van der Waals surface area (Å²) in [6.07, 6.45) is -0.697. The maximum absolute atomic E-state index is 13.7. The summed E-state index contributed by atoms with van der Waals surface area (Å²) in [6, 6.07) is 7.95. The van der Waals surface area contributed by atoms with Gasteiger partial charge in [0.2, 0.25) is 5.95 Å². The van der Waals surface area contributed by atoms with Crippen LogP contribution in [0.5, 0.6) is 0 Å². The van der Waals surface area contributed by atoms with Crippen LogP contribution in [0.2, 0.25) is 0 Å². The minimum absolute atomic E-state index is 0.0870. The van der Waals surface area contributed by atoms with Crippen molar-refractivity contribution in [3.05, 3.63) is 77.6 Å². The number of halogens is 3. The monoisotopic (exact) mass is 494 g/mol. The van der Waals surface area contributed by atoms with Gasteiger partial charge in [0.1, 0.15) is 5.82 Å². The molecule has 1 aromatic carbocycles. The van der Waals surface area contributed by atoms with Crippen molar-refractivity contribution >= 4 is 28.4 Å². The van der Waals surface area contributed by atoms with E-state index in [0.29, 0.717) is 22.4 Å². The van der Waals surface area contributed by atoms with Crippen LogP contribution in [0.15, 0.2) is 55.0 Å². The number of nitrogen functional groups attached to an aromatic ring is 1. The first-order chi connectivity index (χ1) is 17.2. The van der Waals surface area contributed by atoms with Gasteiger partial charge in [-0.3, -0.25) is 9.78 Å². The molecule has 1 amide bonds. The van der Waals surface area contributed by atoms with Crippen molar-refractivity contribution in [2.45, 2.75) is 25.7 Å². The van der Waals surface area contributed by atoms with E-state index in [9.17, 15) is 18.0 Å². The summed E-state index contributed by atoms with van der Waals surface area (Å²) in [6.45, 7) is 1.64. The van der Waals surface area contributed by atoms with Crippen LogP contribution in [-0.4, -0.2) is 50.8 Å². The third kappa shape index (κ3) is 4.23. The highest BCUT2D eigenvalue weighted by molar-refractivity contribution is 6.01. The van der Waals surface area contributed by atoms with Gasteiger partial charge in [-0.05, 0) is 53.7 Å². The molecule has 0 bridgehead atoms. The van der Waals surface area contributed by atoms with Gasteiger partial charge in [-0.25, -0.2) is 15.0 Å². The fourth-order valence-electron chi connectivity index (χ4n) is 3.70. The predicted molar refractivity (Wildman–Crippen MR) is 120 cm³/mol. The highest BCUT2D eigenvalue weighted by Gasteiger charge is 2.31. The molecule has 0 aliphatic rings. The average Bonchev–Trinajstić information content (AvgIpc) is 3.38. The Morgan fingerprint density at radius 2 is 1.92 bits per heavy atom. The predicted octanol–water partition coefficient (Wildman–Crippen LogP) is 2.86. The molecule has 0 saturated heterocycles. The molecule has 0 saturated carbocycles. The maximum Gasteiger partial charge on any atom is 0.417 e. The Morgan fingerprint density at radius 1 is 1.14 bits per heavy atom. The SMILES string of the molecule is C[C@H](c1ncccn1)N(Cc1ccc(C(F)(F)F)cn1)C(=O)c1ccc2nc(N)n3nnnc3c2c1. The number of nitrogens with zero attached hydrogens (tertiary/aromatic N) is 9. The van der Waals surface area contributed by atoms with Gasteiger partial charge >= 0.3 is 6.18 Å². The molecule has 0 aliphatic carbocycles. The lowest BCUT2D eigenvalue weighted by molar-refractivity contribution is -0.137. The number of benzene rings is 1. The first-order valence-corrected chi connectivity index (χ1v) is 10.6. The van der Waals surface area contributed by atoms with Crippen LogP contribution in [0.25, 0.3) is 16.6 Å². The van der Waals surface area contributed by atoms with Gasteiger partial charge in [0.15, 0.2) is 5.65 Å². The molecule has 2 N–H and O–H groups in total. The van der Waals surface area contributed by atoms with Crippen LogP contribution in [0.1, 0.15) is 40.4 Å². The largest absolute Gasteiger partial charge is 0.417 e. The van der Waals surface area contributed by atoms with Gasteiger partial charge < -0.3 is 10.6 Å². The third-order valence-corrected chi connectivity index (χ3v) is 5.58. The number of rotatable bonds is 5. The first kappa shape index (κ1) is 23.0. The molecule has 5 aromatic rings. The van der Waals surface area contributed by atoms with Gasteiger partial charge in [0.05, 0.1) is 29.4 Å². The van der Waals surface area contributed by atoms with E-state index in [1.165, 1.54) is 15.5 Å². The average molecular weight is 494 g/mol. The topological polar surface area (TPSA) is 141 Å². The van der Waals surface area contributed by atoms with Crippen molar-refractivity contribution in [2.75, 3.05) is 5.73 Å². The van der Waals surface area contributed by atoms with Crippen LogP contribution in [0.4, 0.5) is 19.1 Å². The number of hydrogen-bond donors (Lipinski definition) is 1. The summed E-state index contributed by atoms with van der Waals surface area (Å²) in [4.78, 5) is 31.8. The van der Waals surface area contributed by atoms with Gasteiger partial charge in [-0.2, -0.15) is 17.7 Å². The summed E-state index contributed by atoms with van der Waals surface area (Å²) in [5.74, 6) is 0.0180. The van der Waals surface area contributed by atoms with Crippen molar-refractivity contribution in [3.8, 4) is 0 Å². The van der Waals surface area contributed by atoms with E-state index in [-0.39, 0.29) is 23.8 Å². The summed E-state index contributed by atoms with van der Waals surface area (Å²) < 4.78 is 40.2. The van der Waals surface area contributed by atoms with E-state index in [1.54, 1.807) is 43.6 Å². The lowest BCUT2D eigenvalue weighted by Crippen LogP contribution is -2.34. The molecule has 182 valence electrons. The highest BCUT2D eigenvalue weighted by atomic mass is 19.4. The Hall–Kier alpha value is -4.75. The van der Waals surface area contributed by atoms with Crippen LogP contribution in [0, 0.1) is 0 Å². The number of pyridine rings is 1. The second-order valence-corrected chi connectivity index (χ2v) is 7.87. The van der Waals surface area contributed by atoms with Crippen LogP contribution in [-0.2, 0) is 12.7 Å². The molecular weight excluding hydrogens is 477 g/mol. The number of anilines is 1. The lowest BCUT2D eigenvalue weighted by atomic mass is 10.1. The van der Waals surface area contributed by atoms with E-state index in [4.69, 9.17) is 5.73 Å². The summed E-state index contributed by atoms with van der Waals surface area (Å²) in [5, 5.41) is 11.9. The van der Waals surface area contributed by atoms with E-state index < -0.39 is 23.7 Å². The van der Waals surface area contributed by atoms with Gasteiger partial charge in [-0.15, -0.1) is 5.10 Å². The van der Waals surface area contributed by atoms with Crippen molar-refractivity contribution in [3.63, 3.8) is 0 Å². The Bertz CT molecular complexity index is 1550. The Kier molecular flexibility index (Phi) is 5.62. The van der Waals surface area contributed by atoms with Crippen molar-refractivity contribution < 1.29 is 18.0 Å². The fraction of sp³-hybridized carbons (Fsp3) is 0.182. The molecule has 0 spiro atoms. The molecule has 4 aromatic heterocycles.